The van der Waals surface area contributed by atoms with Crippen LogP contribution >= 0.6 is 0 Å². The van der Waals surface area contributed by atoms with Gasteiger partial charge in [0.25, 0.3) is 0 Å². The van der Waals surface area contributed by atoms with Gasteiger partial charge in [0.15, 0.2) is 0 Å². The first-order valence-electron chi connectivity index (χ1n) is 7.70. The van der Waals surface area contributed by atoms with E-state index in [2.05, 4.69) is 45.7 Å². The summed E-state index contributed by atoms with van der Waals surface area (Å²) in [5.74, 6) is 1.67. The maximum absolute atomic E-state index is 5.55. The summed E-state index contributed by atoms with van der Waals surface area (Å²) in [4.78, 5) is 4.36. The van der Waals surface area contributed by atoms with Crippen LogP contribution in [0.4, 0.5) is 5.95 Å². The molecule has 116 valence electrons. The Hall–Kier alpha value is -2.82. The Kier molecular flexibility index (Phi) is 3.46. The van der Waals surface area contributed by atoms with Crippen LogP contribution < -0.4 is 10.1 Å². The van der Waals surface area contributed by atoms with Gasteiger partial charge in [0.1, 0.15) is 12.1 Å². The molecule has 23 heavy (non-hydrogen) atoms. The van der Waals surface area contributed by atoms with Crippen LogP contribution in [0.25, 0.3) is 0 Å². The van der Waals surface area contributed by atoms with Gasteiger partial charge in [-0.1, -0.05) is 48.5 Å². The van der Waals surface area contributed by atoms with Gasteiger partial charge in [-0.15, -0.1) is 0 Å². The summed E-state index contributed by atoms with van der Waals surface area (Å²) in [5.41, 5.74) is 2.38. The molecule has 0 radical (unpaired) electrons. The van der Waals surface area contributed by atoms with Gasteiger partial charge >= 0.3 is 0 Å². The van der Waals surface area contributed by atoms with Crippen molar-refractivity contribution in [1.82, 2.24) is 14.8 Å². The van der Waals surface area contributed by atoms with E-state index in [4.69, 9.17) is 4.74 Å². The van der Waals surface area contributed by atoms with Gasteiger partial charge in [-0.25, -0.2) is 4.68 Å². The van der Waals surface area contributed by atoms with E-state index in [-0.39, 0.29) is 12.1 Å². The van der Waals surface area contributed by atoms with Crippen LogP contribution in [0.2, 0.25) is 0 Å². The molecule has 1 aliphatic heterocycles. The normalized spacial score (nSPS) is 19.7. The zero-order chi connectivity index (χ0) is 15.6. The number of ether oxygens (including phenoxy) is 1. The number of para-hydroxylation sites is 1. The van der Waals surface area contributed by atoms with Gasteiger partial charge < -0.3 is 10.1 Å². The number of rotatable bonds is 3. The highest BCUT2D eigenvalue weighted by molar-refractivity contribution is 5.42. The second kappa shape index (κ2) is 5.76. The Labute approximate surface area is 134 Å². The monoisotopic (exact) mass is 306 g/mol. The Morgan fingerprint density at radius 1 is 1.09 bits per heavy atom. The number of nitrogens with one attached hydrogen (secondary N) is 1. The molecule has 1 aliphatic rings. The van der Waals surface area contributed by atoms with E-state index < -0.39 is 0 Å². The Balaban J connectivity index is 1.77. The predicted molar refractivity (Wildman–Crippen MR) is 88.6 cm³/mol. The number of hydrogen-bond acceptors (Lipinski definition) is 4. The van der Waals surface area contributed by atoms with E-state index >= 15 is 0 Å². The fraction of sp³-hybridized carbons (Fsp3) is 0.222. The lowest BCUT2D eigenvalue weighted by Crippen LogP contribution is -2.28. The molecule has 2 heterocycles. The van der Waals surface area contributed by atoms with Gasteiger partial charge in [-0.05, 0) is 18.1 Å². The molecule has 1 N–H and O–H groups in total. The molecule has 2 aromatic carbocycles. The maximum atomic E-state index is 5.55. The van der Waals surface area contributed by atoms with Crippen LogP contribution in [-0.4, -0.2) is 21.9 Å². The number of benzene rings is 2. The Morgan fingerprint density at radius 2 is 1.87 bits per heavy atom. The van der Waals surface area contributed by atoms with Crippen molar-refractivity contribution in [1.29, 1.82) is 0 Å². The van der Waals surface area contributed by atoms with Crippen molar-refractivity contribution >= 4 is 5.95 Å². The van der Waals surface area contributed by atoms with E-state index in [9.17, 15) is 0 Å². The second-order valence-electron chi connectivity index (χ2n) is 5.63. The number of anilines is 1. The molecule has 0 saturated heterocycles. The van der Waals surface area contributed by atoms with Crippen LogP contribution in [0.3, 0.4) is 0 Å². The smallest absolute Gasteiger partial charge is 0.222 e. The third-order valence-corrected chi connectivity index (χ3v) is 4.33. The summed E-state index contributed by atoms with van der Waals surface area (Å²) >= 11 is 0. The van der Waals surface area contributed by atoms with Crippen molar-refractivity contribution in [2.24, 2.45) is 0 Å². The molecule has 0 bridgehead atoms. The van der Waals surface area contributed by atoms with Crippen molar-refractivity contribution in [2.75, 3.05) is 12.4 Å². The molecule has 0 spiro atoms. The average Bonchev–Trinajstić information content (AvgIpc) is 3.10. The van der Waals surface area contributed by atoms with Crippen LogP contribution in [0.1, 0.15) is 29.6 Å². The molecule has 1 aromatic heterocycles. The Morgan fingerprint density at radius 3 is 2.70 bits per heavy atom. The molecular formula is C18H18N4O. The van der Waals surface area contributed by atoms with Gasteiger partial charge in [0, 0.05) is 5.56 Å². The van der Waals surface area contributed by atoms with Crippen molar-refractivity contribution in [3.8, 4) is 5.75 Å². The summed E-state index contributed by atoms with van der Waals surface area (Å²) in [5, 5.41) is 7.88. The van der Waals surface area contributed by atoms with Crippen LogP contribution in [0.5, 0.6) is 5.75 Å². The molecule has 3 aromatic rings. The molecule has 0 fully saturated rings. The van der Waals surface area contributed by atoms with Crippen molar-refractivity contribution in [3.05, 3.63) is 72.1 Å². The first kappa shape index (κ1) is 13.8. The molecular weight excluding hydrogens is 288 g/mol. The molecule has 0 saturated carbocycles. The second-order valence-corrected chi connectivity index (χ2v) is 5.63. The third kappa shape index (κ3) is 2.44. The third-order valence-electron chi connectivity index (χ3n) is 4.33. The van der Waals surface area contributed by atoms with E-state index in [0.717, 1.165) is 23.7 Å². The SMILES string of the molecule is COc1ccccc1[C@@H]1C[C@@H](c2ccccc2)Nc2ncnn21. The molecule has 4 rings (SSSR count). The molecule has 2 atom stereocenters. The largest absolute Gasteiger partial charge is 0.496 e. The quantitative estimate of drug-likeness (QED) is 0.805. The summed E-state index contributed by atoms with van der Waals surface area (Å²) < 4.78 is 7.49. The minimum Gasteiger partial charge on any atom is -0.496 e. The fourth-order valence-electron chi connectivity index (χ4n) is 3.22. The fourth-order valence-corrected chi connectivity index (χ4v) is 3.22. The van der Waals surface area contributed by atoms with E-state index in [1.807, 2.05) is 28.9 Å². The first-order chi connectivity index (χ1) is 11.4. The van der Waals surface area contributed by atoms with E-state index in [0.29, 0.717) is 0 Å². The lowest BCUT2D eigenvalue weighted by Gasteiger charge is -2.32. The zero-order valence-electron chi connectivity index (χ0n) is 12.9. The predicted octanol–water partition coefficient (Wildman–Crippen LogP) is 3.43. The number of methoxy groups -OCH3 is 1. The number of hydrogen-bond donors (Lipinski definition) is 1. The summed E-state index contributed by atoms with van der Waals surface area (Å²) in [6.07, 6.45) is 2.48. The van der Waals surface area contributed by atoms with Crippen molar-refractivity contribution < 1.29 is 4.74 Å². The zero-order valence-corrected chi connectivity index (χ0v) is 12.9. The topological polar surface area (TPSA) is 52.0 Å². The molecule has 5 nitrogen and oxygen atoms in total. The number of aromatic nitrogens is 3. The van der Waals surface area contributed by atoms with Gasteiger partial charge in [-0.3, -0.25) is 0 Å². The van der Waals surface area contributed by atoms with Crippen LogP contribution in [0.15, 0.2) is 60.9 Å². The Bertz CT molecular complexity index is 800. The lowest BCUT2D eigenvalue weighted by atomic mass is 9.93. The molecule has 0 unspecified atom stereocenters. The summed E-state index contributed by atoms with van der Waals surface area (Å²) in [7, 11) is 1.71. The minimum atomic E-state index is 0.0927. The highest BCUT2D eigenvalue weighted by Crippen LogP contribution is 2.40. The van der Waals surface area contributed by atoms with E-state index in [1.165, 1.54) is 5.56 Å². The minimum absolute atomic E-state index is 0.0927. The molecule has 0 aliphatic carbocycles. The summed E-state index contributed by atoms with van der Waals surface area (Å²) in [6, 6.07) is 18.8. The first-order valence-corrected chi connectivity index (χ1v) is 7.70. The standard InChI is InChI=1S/C18H18N4O/c1-23-17-10-6-5-9-14(17)16-11-15(13-7-3-2-4-8-13)21-18-19-12-20-22(16)18/h2-10,12,15-16H,11H2,1H3,(H,19,20,21)/t15-,16-/m0/s1. The van der Waals surface area contributed by atoms with Crippen molar-refractivity contribution in [3.63, 3.8) is 0 Å². The van der Waals surface area contributed by atoms with Gasteiger partial charge in [-0.2, -0.15) is 10.1 Å². The molecule has 0 amide bonds. The molecule has 5 heteroatoms. The summed E-state index contributed by atoms with van der Waals surface area (Å²) in [6.45, 7) is 0. The number of fused-ring (bicyclic) bond motifs is 1. The average molecular weight is 306 g/mol. The van der Waals surface area contributed by atoms with E-state index in [1.54, 1.807) is 13.4 Å². The lowest BCUT2D eigenvalue weighted by molar-refractivity contribution is 0.380. The maximum Gasteiger partial charge on any atom is 0.222 e. The van der Waals surface area contributed by atoms with Gasteiger partial charge in [0.2, 0.25) is 5.95 Å². The van der Waals surface area contributed by atoms with Gasteiger partial charge in [0.05, 0.1) is 19.2 Å². The van der Waals surface area contributed by atoms with Crippen molar-refractivity contribution in [2.45, 2.75) is 18.5 Å². The van der Waals surface area contributed by atoms with Crippen LogP contribution in [0, 0.1) is 0 Å². The number of nitrogens with zero attached hydrogens (tertiary/aromatic N) is 3. The highest BCUT2D eigenvalue weighted by atomic mass is 16.5. The highest BCUT2D eigenvalue weighted by Gasteiger charge is 2.31. The van der Waals surface area contributed by atoms with Crippen LogP contribution in [-0.2, 0) is 0 Å².